The largest absolute Gasteiger partial charge is 0.315 e. The van der Waals surface area contributed by atoms with E-state index in [4.69, 9.17) is 0 Å². The van der Waals surface area contributed by atoms with Crippen LogP contribution in [-0.4, -0.2) is 33.8 Å². The molecule has 4 nitrogen and oxygen atoms in total. The zero-order chi connectivity index (χ0) is 13.2. The Morgan fingerprint density at radius 3 is 2.78 bits per heavy atom. The first-order valence-corrected chi connectivity index (χ1v) is 7.90. The lowest BCUT2D eigenvalue weighted by atomic mass is 10.1. The Labute approximate surface area is 109 Å². The maximum Gasteiger partial charge on any atom is 0.235 e. The van der Waals surface area contributed by atoms with E-state index in [2.05, 4.69) is 5.32 Å². The highest BCUT2D eigenvalue weighted by Crippen LogP contribution is 2.24. The van der Waals surface area contributed by atoms with Crippen molar-refractivity contribution < 1.29 is 8.42 Å². The van der Waals surface area contributed by atoms with Gasteiger partial charge in [-0.25, -0.2) is 8.42 Å². The second-order valence-corrected chi connectivity index (χ2v) is 6.79. The molecule has 1 aromatic rings. The van der Waals surface area contributed by atoms with Crippen molar-refractivity contribution in [3.8, 4) is 0 Å². The number of rotatable bonds is 1. The molecule has 100 valence electrons. The minimum absolute atomic E-state index is 0.216. The van der Waals surface area contributed by atoms with Gasteiger partial charge in [0.1, 0.15) is 0 Å². The van der Waals surface area contributed by atoms with Crippen LogP contribution in [0, 0.1) is 13.8 Å². The Hall–Kier alpha value is -1.07. The second kappa shape index (κ2) is 5.28. The van der Waals surface area contributed by atoms with Crippen molar-refractivity contribution in [2.45, 2.75) is 20.3 Å². The van der Waals surface area contributed by atoms with Crippen molar-refractivity contribution in [1.29, 1.82) is 0 Å². The summed E-state index contributed by atoms with van der Waals surface area (Å²) in [6.45, 7) is 5.92. The van der Waals surface area contributed by atoms with Crippen LogP contribution in [-0.2, 0) is 10.0 Å². The van der Waals surface area contributed by atoms with Crippen LogP contribution in [0.2, 0.25) is 0 Å². The molecule has 0 aromatic heterocycles. The van der Waals surface area contributed by atoms with E-state index < -0.39 is 10.0 Å². The molecular formula is C13H20N2O2S. The molecule has 18 heavy (non-hydrogen) atoms. The van der Waals surface area contributed by atoms with E-state index in [1.165, 1.54) is 0 Å². The van der Waals surface area contributed by atoms with E-state index >= 15 is 0 Å². The molecular weight excluding hydrogens is 248 g/mol. The van der Waals surface area contributed by atoms with Crippen LogP contribution in [0.25, 0.3) is 0 Å². The smallest absolute Gasteiger partial charge is 0.235 e. The van der Waals surface area contributed by atoms with Crippen molar-refractivity contribution in [2.24, 2.45) is 0 Å². The number of hydrogen-bond acceptors (Lipinski definition) is 3. The van der Waals surface area contributed by atoms with E-state index in [1.807, 2.05) is 32.0 Å². The van der Waals surface area contributed by atoms with Crippen molar-refractivity contribution >= 4 is 15.7 Å². The summed E-state index contributed by atoms with van der Waals surface area (Å²) < 4.78 is 26.2. The fraction of sp³-hybridized carbons (Fsp3) is 0.538. The van der Waals surface area contributed by atoms with Crippen LogP contribution in [0.3, 0.4) is 0 Å². The Bertz CT molecular complexity index is 526. The van der Waals surface area contributed by atoms with Crippen LogP contribution < -0.4 is 9.62 Å². The number of benzene rings is 1. The third-order valence-electron chi connectivity index (χ3n) is 3.22. The summed E-state index contributed by atoms with van der Waals surface area (Å²) in [4.78, 5) is 0. The molecule has 1 saturated heterocycles. The topological polar surface area (TPSA) is 49.4 Å². The minimum Gasteiger partial charge on any atom is -0.315 e. The molecule has 0 bridgehead atoms. The molecule has 1 aliphatic heterocycles. The first-order chi connectivity index (χ1) is 8.50. The van der Waals surface area contributed by atoms with Crippen molar-refractivity contribution in [1.82, 2.24) is 5.32 Å². The average Bonchev–Trinajstić information content (AvgIpc) is 2.29. The number of nitrogens with zero attached hydrogens (tertiary/aromatic N) is 1. The third kappa shape index (κ3) is 2.84. The molecule has 1 aliphatic rings. The van der Waals surface area contributed by atoms with Crippen LogP contribution >= 0.6 is 0 Å². The molecule has 0 saturated carbocycles. The number of sulfonamides is 1. The lowest BCUT2D eigenvalue weighted by Gasteiger charge is -2.28. The lowest BCUT2D eigenvalue weighted by molar-refractivity contribution is 0.572. The van der Waals surface area contributed by atoms with E-state index in [-0.39, 0.29) is 5.75 Å². The van der Waals surface area contributed by atoms with Crippen LogP contribution in [0.5, 0.6) is 0 Å². The van der Waals surface area contributed by atoms with Crippen LogP contribution in [0.15, 0.2) is 18.2 Å². The number of hydrogen-bond donors (Lipinski definition) is 1. The van der Waals surface area contributed by atoms with Gasteiger partial charge in [-0.1, -0.05) is 12.1 Å². The zero-order valence-corrected chi connectivity index (χ0v) is 11.8. The molecule has 5 heteroatoms. The molecule has 1 aromatic carbocycles. The molecule has 1 heterocycles. The predicted octanol–water partition coefficient (Wildman–Crippen LogP) is 1.43. The van der Waals surface area contributed by atoms with Gasteiger partial charge in [0, 0.05) is 13.1 Å². The molecule has 0 atom stereocenters. The quantitative estimate of drug-likeness (QED) is 0.838. The molecule has 0 spiro atoms. The van der Waals surface area contributed by atoms with Gasteiger partial charge in [-0.2, -0.15) is 0 Å². The van der Waals surface area contributed by atoms with E-state index in [0.29, 0.717) is 19.5 Å². The predicted molar refractivity (Wildman–Crippen MR) is 74.5 cm³/mol. The molecule has 2 rings (SSSR count). The summed E-state index contributed by atoms with van der Waals surface area (Å²) in [7, 11) is -3.18. The summed E-state index contributed by atoms with van der Waals surface area (Å²) in [5.41, 5.74) is 2.91. The van der Waals surface area contributed by atoms with Crippen molar-refractivity contribution in [2.75, 3.05) is 29.7 Å². The lowest BCUT2D eigenvalue weighted by Crippen LogP contribution is -2.42. The highest BCUT2D eigenvalue weighted by Gasteiger charge is 2.24. The maximum atomic E-state index is 12.3. The Morgan fingerprint density at radius 2 is 2.00 bits per heavy atom. The standard InChI is InChI=1S/C13H20N2O2S/c1-11-4-5-12(2)13(10-11)15-8-7-14-6-3-9-18(15,16)17/h4-5,10,14H,3,6-9H2,1-2H3. The Kier molecular flexibility index (Phi) is 3.92. The minimum atomic E-state index is -3.18. The second-order valence-electron chi connectivity index (χ2n) is 4.78. The highest BCUT2D eigenvalue weighted by molar-refractivity contribution is 7.92. The fourth-order valence-corrected chi connectivity index (χ4v) is 3.79. The third-order valence-corrected chi connectivity index (χ3v) is 5.07. The Morgan fingerprint density at radius 1 is 1.22 bits per heavy atom. The van der Waals surface area contributed by atoms with E-state index in [1.54, 1.807) is 4.31 Å². The molecule has 0 amide bonds. The van der Waals surface area contributed by atoms with Crippen molar-refractivity contribution in [3.63, 3.8) is 0 Å². The van der Waals surface area contributed by atoms with Gasteiger partial charge in [0.25, 0.3) is 0 Å². The number of anilines is 1. The summed E-state index contributed by atoms with van der Waals surface area (Å²) in [5, 5.41) is 3.25. The van der Waals surface area contributed by atoms with Gasteiger partial charge >= 0.3 is 0 Å². The molecule has 1 fully saturated rings. The zero-order valence-electron chi connectivity index (χ0n) is 10.9. The van der Waals surface area contributed by atoms with Gasteiger partial charge in [-0.15, -0.1) is 0 Å². The normalized spacial score (nSPS) is 20.2. The summed E-state index contributed by atoms with van der Waals surface area (Å²) in [6.07, 6.45) is 0.670. The fourth-order valence-electron chi connectivity index (χ4n) is 2.19. The van der Waals surface area contributed by atoms with Crippen molar-refractivity contribution in [3.05, 3.63) is 29.3 Å². The monoisotopic (exact) mass is 268 g/mol. The van der Waals surface area contributed by atoms with Gasteiger partial charge in [0.05, 0.1) is 11.4 Å². The summed E-state index contributed by atoms with van der Waals surface area (Å²) in [5.74, 6) is 0.216. The van der Waals surface area contributed by atoms with Crippen LogP contribution in [0.1, 0.15) is 17.5 Å². The van der Waals surface area contributed by atoms with E-state index in [9.17, 15) is 8.42 Å². The SMILES string of the molecule is Cc1ccc(C)c(N2CCNCCCS2(=O)=O)c1. The first-order valence-electron chi connectivity index (χ1n) is 6.29. The Balaban J connectivity index is 2.41. The number of aryl methyl sites for hydroxylation is 2. The molecule has 0 unspecified atom stereocenters. The maximum absolute atomic E-state index is 12.3. The van der Waals surface area contributed by atoms with Gasteiger partial charge in [-0.3, -0.25) is 4.31 Å². The van der Waals surface area contributed by atoms with Crippen LogP contribution in [0.4, 0.5) is 5.69 Å². The summed E-state index contributed by atoms with van der Waals surface area (Å²) in [6, 6.07) is 5.94. The average molecular weight is 268 g/mol. The van der Waals surface area contributed by atoms with Gasteiger partial charge in [0.2, 0.25) is 10.0 Å². The van der Waals surface area contributed by atoms with Gasteiger partial charge in [0.15, 0.2) is 0 Å². The highest BCUT2D eigenvalue weighted by atomic mass is 32.2. The van der Waals surface area contributed by atoms with Gasteiger partial charge < -0.3 is 5.32 Å². The first kappa shape index (κ1) is 13.4. The molecule has 0 aliphatic carbocycles. The number of nitrogens with one attached hydrogen (secondary N) is 1. The van der Waals surface area contributed by atoms with Gasteiger partial charge in [-0.05, 0) is 44.0 Å². The van der Waals surface area contributed by atoms with E-state index in [0.717, 1.165) is 23.4 Å². The molecule has 1 N–H and O–H groups in total. The summed E-state index contributed by atoms with van der Waals surface area (Å²) >= 11 is 0. The molecule has 0 radical (unpaired) electrons.